The molecule has 0 unspecified atom stereocenters. The van der Waals surface area contributed by atoms with Crippen LogP contribution in [-0.2, 0) is 9.59 Å². The van der Waals surface area contributed by atoms with Crippen molar-refractivity contribution in [2.45, 2.75) is 0 Å². The molecule has 1 aromatic rings. The van der Waals surface area contributed by atoms with Gasteiger partial charge in [0.2, 0.25) is 0 Å². The summed E-state index contributed by atoms with van der Waals surface area (Å²) in [6.07, 6.45) is 0.607. The number of hydrazine groups is 1. The molecule has 1 rings (SSSR count). The smallest absolute Gasteiger partial charge is 0.344 e. The lowest BCUT2D eigenvalue weighted by Gasteiger charge is -2.06. The number of carbonyl (C=O) groups excluding carboxylic acids is 3. The summed E-state index contributed by atoms with van der Waals surface area (Å²) in [5.74, 6) is -1.83. The third-order valence-electron chi connectivity index (χ3n) is 1.95. The third-order valence-corrected chi connectivity index (χ3v) is 1.95. The molecule has 0 aliphatic carbocycles. The summed E-state index contributed by atoms with van der Waals surface area (Å²) in [5, 5.41) is 2.14. The zero-order valence-corrected chi connectivity index (χ0v) is 9.79. The highest BCUT2D eigenvalue weighted by Gasteiger charge is 2.08. The number of amides is 3. The van der Waals surface area contributed by atoms with E-state index in [1.165, 1.54) is 0 Å². The average Bonchev–Trinajstić information content (AvgIpc) is 2.44. The van der Waals surface area contributed by atoms with Crippen LogP contribution in [0.2, 0.25) is 0 Å². The minimum absolute atomic E-state index is 0.361. The molecule has 0 aromatic heterocycles. The molecule has 1 aromatic carbocycles. The van der Waals surface area contributed by atoms with Crippen LogP contribution in [0.4, 0.5) is 0 Å². The quantitative estimate of drug-likeness (QED) is 0.275. The number of carbonyl (C=O) groups is 3. The molecule has 98 valence electrons. The zero-order chi connectivity index (χ0) is 14.1. The molecule has 0 heterocycles. The van der Waals surface area contributed by atoms with Gasteiger partial charge in [0.1, 0.15) is 0 Å². The van der Waals surface area contributed by atoms with E-state index in [0.29, 0.717) is 11.8 Å². The van der Waals surface area contributed by atoms with E-state index in [9.17, 15) is 14.4 Å². The van der Waals surface area contributed by atoms with Crippen molar-refractivity contribution >= 4 is 23.9 Å². The molecule has 8 nitrogen and oxygen atoms in total. The molecule has 19 heavy (non-hydrogen) atoms. The van der Waals surface area contributed by atoms with Gasteiger partial charge in [-0.3, -0.25) is 25.2 Å². The van der Waals surface area contributed by atoms with Crippen molar-refractivity contribution in [3.8, 4) is 0 Å². The van der Waals surface area contributed by atoms with Crippen LogP contribution in [-0.4, -0.2) is 35.3 Å². The standard InChI is InChI=1S/C11H11N5O3/c12-14-7-9(17)13-6-10(18)15-16-11(19)8-4-2-1-3-5-8/h1-5,7H,6H2,(H,13,17)(H,15,18)(H,16,19). The third kappa shape index (κ3) is 5.24. The first-order valence-electron chi connectivity index (χ1n) is 5.23. The van der Waals surface area contributed by atoms with Crippen LogP contribution in [0.5, 0.6) is 0 Å². The van der Waals surface area contributed by atoms with Crippen LogP contribution in [0.1, 0.15) is 10.4 Å². The first-order valence-corrected chi connectivity index (χ1v) is 5.23. The van der Waals surface area contributed by atoms with E-state index < -0.39 is 17.7 Å². The molecule has 0 fully saturated rings. The van der Waals surface area contributed by atoms with Crippen LogP contribution in [0.3, 0.4) is 0 Å². The van der Waals surface area contributed by atoms with Crippen LogP contribution in [0.25, 0.3) is 5.53 Å². The predicted octanol–water partition coefficient (Wildman–Crippen LogP) is -1.14. The van der Waals surface area contributed by atoms with Crippen LogP contribution in [0, 0.1) is 0 Å². The molecular weight excluding hydrogens is 250 g/mol. The van der Waals surface area contributed by atoms with Crippen LogP contribution >= 0.6 is 0 Å². The molecule has 0 spiro atoms. The maximum absolute atomic E-state index is 11.5. The summed E-state index contributed by atoms with van der Waals surface area (Å²) < 4.78 is 0. The molecule has 3 amide bonds. The van der Waals surface area contributed by atoms with Gasteiger partial charge in [0, 0.05) is 5.56 Å². The van der Waals surface area contributed by atoms with Gasteiger partial charge in [0.25, 0.3) is 11.8 Å². The molecule has 0 saturated heterocycles. The predicted molar refractivity (Wildman–Crippen MR) is 64.7 cm³/mol. The second kappa shape index (κ2) is 7.36. The summed E-state index contributed by atoms with van der Waals surface area (Å²) in [4.78, 5) is 36.1. The Kier molecular flexibility index (Phi) is 5.45. The zero-order valence-electron chi connectivity index (χ0n) is 9.79. The first kappa shape index (κ1) is 14.1. The Hall–Kier alpha value is -2.99. The number of benzene rings is 1. The fourth-order valence-corrected chi connectivity index (χ4v) is 1.10. The Bertz CT molecular complexity index is 522. The van der Waals surface area contributed by atoms with E-state index in [2.05, 4.69) is 21.0 Å². The van der Waals surface area contributed by atoms with Crippen LogP contribution in [0.15, 0.2) is 30.3 Å². The maximum Gasteiger partial charge on any atom is 0.344 e. The van der Waals surface area contributed by atoms with E-state index in [4.69, 9.17) is 5.53 Å². The van der Waals surface area contributed by atoms with Crippen molar-refractivity contribution in [3.05, 3.63) is 41.4 Å². The monoisotopic (exact) mass is 261 g/mol. The van der Waals surface area contributed by atoms with Gasteiger partial charge in [-0.15, -0.1) is 0 Å². The molecule has 0 aliphatic heterocycles. The average molecular weight is 261 g/mol. The molecule has 0 radical (unpaired) electrons. The van der Waals surface area contributed by atoms with E-state index in [1.807, 2.05) is 0 Å². The largest absolute Gasteiger partial charge is 0.361 e. The van der Waals surface area contributed by atoms with Crippen molar-refractivity contribution < 1.29 is 19.2 Å². The molecule has 0 atom stereocenters. The normalized spacial score (nSPS) is 8.84. The minimum Gasteiger partial charge on any atom is -0.361 e. The van der Waals surface area contributed by atoms with Gasteiger partial charge < -0.3 is 10.8 Å². The summed E-state index contributed by atoms with van der Waals surface area (Å²) in [6, 6.07) is 8.30. The molecule has 0 saturated carbocycles. The van der Waals surface area contributed by atoms with Gasteiger partial charge in [-0.1, -0.05) is 18.2 Å². The lowest BCUT2D eigenvalue weighted by Crippen LogP contribution is -2.46. The molecule has 0 aliphatic rings. The van der Waals surface area contributed by atoms with Gasteiger partial charge in [0.05, 0.1) is 6.54 Å². The lowest BCUT2D eigenvalue weighted by atomic mass is 10.2. The molecule has 8 heteroatoms. The number of hydrogen-bond acceptors (Lipinski definition) is 3. The van der Waals surface area contributed by atoms with E-state index in [-0.39, 0.29) is 6.54 Å². The van der Waals surface area contributed by atoms with E-state index in [0.717, 1.165) is 0 Å². The Morgan fingerprint density at radius 2 is 1.84 bits per heavy atom. The topological polar surface area (TPSA) is 124 Å². The van der Waals surface area contributed by atoms with Gasteiger partial charge in [-0.05, 0) is 12.1 Å². The molecule has 0 bridgehead atoms. The number of rotatable bonds is 4. The number of nitrogens with zero attached hydrogens (tertiary/aromatic N) is 2. The summed E-state index contributed by atoms with van der Waals surface area (Å²) in [6.45, 7) is -0.361. The fourth-order valence-electron chi connectivity index (χ4n) is 1.10. The maximum atomic E-state index is 11.5. The highest BCUT2D eigenvalue weighted by molar-refractivity contribution is 6.24. The van der Waals surface area contributed by atoms with Gasteiger partial charge >= 0.3 is 12.1 Å². The lowest BCUT2D eigenvalue weighted by molar-refractivity contribution is -0.124. The Morgan fingerprint density at radius 1 is 1.16 bits per heavy atom. The van der Waals surface area contributed by atoms with E-state index in [1.54, 1.807) is 30.3 Å². The minimum atomic E-state index is -0.730. The highest BCUT2D eigenvalue weighted by atomic mass is 16.2. The summed E-state index contributed by atoms with van der Waals surface area (Å²) in [7, 11) is 0. The van der Waals surface area contributed by atoms with Crippen LogP contribution < -0.4 is 16.2 Å². The SMILES string of the molecule is [N-]=[N+]=CC(=O)NCC(=O)NNC(=O)c1ccccc1. The van der Waals surface area contributed by atoms with Crippen molar-refractivity contribution in [1.29, 1.82) is 0 Å². The van der Waals surface area contributed by atoms with E-state index >= 15 is 0 Å². The Labute approximate surface area is 108 Å². The fraction of sp³-hybridized carbons (Fsp3) is 0.0909. The van der Waals surface area contributed by atoms with Crippen molar-refractivity contribution in [2.75, 3.05) is 6.54 Å². The summed E-state index contributed by atoms with van der Waals surface area (Å²) >= 11 is 0. The van der Waals surface area contributed by atoms with Gasteiger partial charge in [-0.2, -0.15) is 4.79 Å². The number of hydrogen-bond donors (Lipinski definition) is 3. The van der Waals surface area contributed by atoms with Gasteiger partial charge in [-0.25, -0.2) is 0 Å². The second-order valence-corrected chi connectivity index (χ2v) is 3.33. The van der Waals surface area contributed by atoms with Crippen molar-refractivity contribution in [2.24, 2.45) is 0 Å². The highest BCUT2D eigenvalue weighted by Crippen LogP contribution is 1.96. The molecular formula is C11H11N5O3. The van der Waals surface area contributed by atoms with Gasteiger partial charge in [0.15, 0.2) is 0 Å². The first-order chi connectivity index (χ1) is 9.13. The second-order valence-electron chi connectivity index (χ2n) is 3.33. The van der Waals surface area contributed by atoms with Crippen molar-refractivity contribution in [1.82, 2.24) is 16.2 Å². The van der Waals surface area contributed by atoms with Crippen molar-refractivity contribution in [3.63, 3.8) is 0 Å². The Morgan fingerprint density at radius 3 is 2.47 bits per heavy atom. The summed E-state index contributed by atoms with van der Waals surface area (Å²) in [5.41, 5.74) is 12.7. The molecule has 3 N–H and O–H groups in total. The Balaban J connectivity index is 2.33. The number of nitrogens with one attached hydrogen (secondary N) is 3.